The minimum absolute atomic E-state index is 0.524. The summed E-state index contributed by atoms with van der Waals surface area (Å²) in [5.41, 5.74) is 8.89. The fraction of sp³-hybridized carbons (Fsp3) is 0.400. The molecule has 0 aliphatic heterocycles. The number of methoxy groups -OCH3 is 1. The van der Waals surface area contributed by atoms with Crippen LogP contribution in [0.5, 0.6) is 5.75 Å². The van der Waals surface area contributed by atoms with E-state index in [2.05, 4.69) is 5.10 Å². The second kappa shape index (κ2) is 4.96. The third-order valence-electron chi connectivity index (χ3n) is 3.85. The summed E-state index contributed by atoms with van der Waals surface area (Å²) in [7, 11) is 1.67. The normalized spacial score (nSPS) is 15.8. The largest absolute Gasteiger partial charge is 0.494 e. The third kappa shape index (κ3) is 2.18. The van der Waals surface area contributed by atoms with Crippen molar-refractivity contribution in [1.29, 1.82) is 0 Å². The molecule has 1 aliphatic carbocycles. The van der Waals surface area contributed by atoms with Crippen molar-refractivity contribution in [3.63, 3.8) is 0 Å². The van der Waals surface area contributed by atoms with Crippen LogP contribution in [0.25, 0.3) is 5.69 Å². The van der Waals surface area contributed by atoms with Gasteiger partial charge in [-0.1, -0.05) is 25.0 Å². The maximum Gasteiger partial charge on any atom is 0.144 e. The molecule has 1 aliphatic rings. The van der Waals surface area contributed by atoms with E-state index in [-0.39, 0.29) is 0 Å². The molecule has 1 saturated carbocycles. The maximum absolute atomic E-state index is 6.13. The summed E-state index contributed by atoms with van der Waals surface area (Å²) in [4.78, 5) is 0. The highest BCUT2D eigenvalue weighted by molar-refractivity contribution is 5.51. The van der Waals surface area contributed by atoms with Crippen LogP contribution >= 0.6 is 0 Å². The number of benzene rings is 1. The summed E-state index contributed by atoms with van der Waals surface area (Å²) in [5.74, 6) is 1.33. The summed E-state index contributed by atoms with van der Waals surface area (Å²) in [6.07, 6.45) is 6.86. The van der Waals surface area contributed by atoms with Gasteiger partial charge in [-0.2, -0.15) is 5.10 Å². The molecule has 0 atom stereocenters. The van der Waals surface area contributed by atoms with Crippen LogP contribution in [0.1, 0.15) is 37.3 Å². The van der Waals surface area contributed by atoms with Gasteiger partial charge >= 0.3 is 0 Å². The minimum Gasteiger partial charge on any atom is -0.494 e. The number of aromatic nitrogens is 2. The Morgan fingerprint density at radius 2 is 2.00 bits per heavy atom. The Hall–Kier alpha value is -1.97. The van der Waals surface area contributed by atoms with Crippen molar-refractivity contribution < 1.29 is 4.74 Å². The van der Waals surface area contributed by atoms with Crippen molar-refractivity contribution in [3.05, 3.63) is 36.2 Å². The molecule has 0 unspecified atom stereocenters. The first-order valence-electron chi connectivity index (χ1n) is 6.78. The van der Waals surface area contributed by atoms with E-state index in [9.17, 15) is 0 Å². The van der Waals surface area contributed by atoms with E-state index in [1.54, 1.807) is 7.11 Å². The Morgan fingerprint density at radius 1 is 1.26 bits per heavy atom. The van der Waals surface area contributed by atoms with Crippen LogP contribution in [0, 0.1) is 0 Å². The SMILES string of the molecule is COc1ccccc1-n1cc(N)c(C2CCCC2)n1. The number of hydrogen-bond donors (Lipinski definition) is 1. The number of anilines is 1. The molecule has 0 spiro atoms. The van der Waals surface area contributed by atoms with Crippen molar-refractivity contribution >= 4 is 5.69 Å². The molecule has 2 N–H and O–H groups in total. The first kappa shape index (κ1) is 12.1. The standard InChI is InChI=1S/C15H19N3O/c1-19-14-9-5-4-8-13(14)18-10-12(16)15(17-18)11-6-2-3-7-11/h4-5,8-11H,2-3,6-7,16H2,1H3. The molecule has 2 aromatic rings. The van der Waals surface area contributed by atoms with E-state index in [0.717, 1.165) is 22.8 Å². The Bertz CT molecular complexity index is 571. The molecule has 0 radical (unpaired) electrons. The van der Waals surface area contributed by atoms with Gasteiger partial charge in [-0.3, -0.25) is 0 Å². The highest BCUT2D eigenvalue weighted by Gasteiger charge is 2.22. The van der Waals surface area contributed by atoms with Gasteiger partial charge < -0.3 is 10.5 Å². The predicted octanol–water partition coefficient (Wildman–Crippen LogP) is 3.12. The van der Waals surface area contributed by atoms with Crippen molar-refractivity contribution in [1.82, 2.24) is 9.78 Å². The number of nitrogens with two attached hydrogens (primary N) is 1. The van der Waals surface area contributed by atoms with Gasteiger partial charge in [0, 0.05) is 5.92 Å². The summed E-state index contributed by atoms with van der Waals surface area (Å²) < 4.78 is 7.21. The van der Waals surface area contributed by atoms with Gasteiger partial charge in [0.05, 0.1) is 24.7 Å². The highest BCUT2D eigenvalue weighted by Crippen LogP contribution is 2.36. The molecule has 4 nitrogen and oxygen atoms in total. The summed E-state index contributed by atoms with van der Waals surface area (Å²) in [6, 6.07) is 7.85. The van der Waals surface area contributed by atoms with Crippen molar-refractivity contribution in [2.45, 2.75) is 31.6 Å². The lowest BCUT2D eigenvalue weighted by Crippen LogP contribution is -2.01. The van der Waals surface area contributed by atoms with E-state index < -0.39 is 0 Å². The number of para-hydroxylation sites is 2. The number of rotatable bonds is 3. The zero-order valence-corrected chi connectivity index (χ0v) is 11.2. The molecule has 19 heavy (non-hydrogen) atoms. The molecule has 100 valence electrons. The fourth-order valence-corrected chi connectivity index (χ4v) is 2.86. The van der Waals surface area contributed by atoms with Crippen LogP contribution in [0.4, 0.5) is 5.69 Å². The lowest BCUT2D eigenvalue weighted by atomic mass is 10.0. The number of ether oxygens (including phenoxy) is 1. The first-order chi connectivity index (χ1) is 9.29. The second-order valence-electron chi connectivity index (χ2n) is 5.07. The number of nitrogen functional groups attached to an aromatic ring is 1. The van der Waals surface area contributed by atoms with Crippen LogP contribution in [0.2, 0.25) is 0 Å². The van der Waals surface area contributed by atoms with Crippen LogP contribution < -0.4 is 10.5 Å². The van der Waals surface area contributed by atoms with Crippen molar-refractivity contribution in [2.75, 3.05) is 12.8 Å². The molecule has 0 bridgehead atoms. The molecule has 1 aromatic heterocycles. The van der Waals surface area contributed by atoms with Gasteiger partial charge in [0.2, 0.25) is 0 Å². The van der Waals surface area contributed by atoms with Gasteiger partial charge in [-0.15, -0.1) is 0 Å². The Balaban J connectivity index is 1.99. The lowest BCUT2D eigenvalue weighted by Gasteiger charge is -2.08. The molecule has 3 rings (SSSR count). The van der Waals surface area contributed by atoms with E-state index in [4.69, 9.17) is 10.5 Å². The average molecular weight is 257 g/mol. The van der Waals surface area contributed by atoms with Gasteiger partial charge in [0.25, 0.3) is 0 Å². The average Bonchev–Trinajstić information content (AvgIpc) is 3.07. The zero-order chi connectivity index (χ0) is 13.2. The fourth-order valence-electron chi connectivity index (χ4n) is 2.86. The van der Waals surface area contributed by atoms with Crippen molar-refractivity contribution in [2.24, 2.45) is 0 Å². The lowest BCUT2D eigenvalue weighted by molar-refractivity contribution is 0.411. The topological polar surface area (TPSA) is 53.1 Å². The van der Waals surface area contributed by atoms with E-state index in [1.807, 2.05) is 35.1 Å². The van der Waals surface area contributed by atoms with Gasteiger partial charge in [-0.05, 0) is 25.0 Å². The number of nitrogens with zero attached hydrogens (tertiary/aromatic N) is 2. The Labute approximate surface area is 113 Å². The smallest absolute Gasteiger partial charge is 0.144 e. The monoisotopic (exact) mass is 257 g/mol. The molecule has 4 heteroatoms. The summed E-state index contributed by atoms with van der Waals surface area (Å²) in [5, 5.41) is 4.68. The van der Waals surface area contributed by atoms with Gasteiger partial charge in [0.15, 0.2) is 0 Å². The maximum atomic E-state index is 6.13. The first-order valence-corrected chi connectivity index (χ1v) is 6.78. The van der Waals surface area contributed by atoms with Gasteiger partial charge in [0.1, 0.15) is 11.4 Å². The zero-order valence-electron chi connectivity index (χ0n) is 11.2. The Kier molecular flexibility index (Phi) is 3.15. The molecule has 1 fully saturated rings. The predicted molar refractivity (Wildman–Crippen MR) is 75.7 cm³/mol. The van der Waals surface area contributed by atoms with Crippen LogP contribution in [-0.2, 0) is 0 Å². The highest BCUT2D eigenvalue weighted by atomic mass is 16.5. The molecule has 0 saturated heterocycles. The summed E-state index contributed by atoms with van der Waals surface area (Å²) >= 11 is 0. The molecular formula is C15H19N3O. The van der Waals surface area contributed by atoms with E-state index >= 15 is 0 Å². The quantitative estimate of drug-likeness (QED) is 0.919. The number of hydrogen-bond acceptors (Lipinski definition) is 3. The Morgan fingerprint density at radius 3 is 2.74 bits per heavy atom. The minimum atomic E-state index is 0.524. The van der Waals surface area contributed by atoms with E-state index in [1.165, 1.54) is 25.7 Å². The molecule has 1 aromatic carbocycles. The summed E-state index contributed by atoms with van der Waals surface area (Å²) in [6.45, 7) is 0. The molecule has 0 amide bonds. The van der Waals surface area contributed by atoms with Crippen LogP contribution in [0.3, 0.4) is 0 Å². The van der Waals surface area contributed by atoms with Gasteiger partial charge in [-0.25, -0.2) is 4.68 Å². The van der Waals surface area contributed by atoms with Crippen LogP contribution in [-0.4, -0.2) is 16.9 Å². The van der Waals surface area contributed by atoms with Crippen molar-refractivity contribution in [3.8, 4) is 11.4 Å². The molecular weight excluding hydrogens is 238 g/mol. The molecule has 1 heterocycles. The third-order valence-corrected chi connectivity index (χ3v) is 3.85. The van der Waals surface area contributed by atoms with E-state index in [0.29, 0.717) is 5.92 Å². The second-order valence-corrected chi connectivity index (χ2v) is 5.07. The van der Waals surface area contributed by atoms with Crippen LogP contribution in [0.15, 0.2) is 30.5 Å².